The molecule has 114 valence electrons. The topological polar surface area (TPSA) is 6.48 Å². The first-order valence-corrected chi connectivity index (χ1v) is 8.53. The molecule has 0 bridgehead atoms. The van der Waals surface area contributed by atoms with Crippen molar-refractivity contribution < 1.29 is 0 Å². The Bertz CT molecular complexity index is 331. The van der Waals surface area contributed by atoms with Gasteiger partial charge in [-0.25, -0.2) is 0 Å². The molecule has 0 aromatic carbocycles. The molecule has 0 spiro atoms. The molecule has 2 heteroatoms. The van der Waals surface area contributed by atoms with Crippen LogP contribution in [-0.4, -0.2) is 42.5 Å². The van der Waals surface area contributed by atoms with E-state index in [9.17, 15) is 0 Å². The molecule has 2 fully saturated rings. The van der Waals surface area contributed by atoms with Gasteiger partial charge in [-0.15, -0.1) is 0 Å². The second-order valence-corrected chi connectivity index (χ2v) is 6.66. The zero-order valence-electron chi connectivity index (χ0n) is 13.5. The molecule has 0 atom stereocenters. The summed E-state index contributed by atoms with van der Waals surface area (Å²) in [7, 11) is 0. The normalized spacial score (nSPS) is 23.2. The largest absolute Gasteiger partial charge is 0.377 e. The van der Waals surface area contributed by atoms with Crippen LogP contribution in [0.5, 0.6) is 0 Å². The summed E-state index contributed by atoms with van der Waals surface area (Å²) in [6.45, 7) is 10.9. The van der Waals surface area contributed by atoms with Gasteiger partial charge in [-0.1, -0.05) is 23.6 Å². The zero-order chi connectivity index (χ0) is 14.2. The van der Waals surface area contributed by atoms with Crippen LogP contribution in [0.1, 0.15) is 58.8 Å². The molecule has 2 nitrogen and oxygen atoms in total. The van der Waals surface area contributed by atoms with E-state index in [4.69, 9.17) is 0 Å². The Labute approximate surface area is 125 Å². The van der Waals surface area contributed by atoms with Crippen LogP contribution in [0.2, 0.25) is 0 Å². The summed E-state index contributed by atoms with van der Waals surface area (Å²) in [6.07, 6.45) is 14.3. The lowest BCUT2D eigenvalue weighted by atomic mass is 10.1. The maximum Gasteiger partial charge on any atom is 0.0190 e. The van der Waals surface area contributed by atoms with Gasteiger partial charge >= 0.3 is 0 Å². The highest BCUT2D eigenvalue weighted by Crippen LogP contribution is 2.14. The van der Waals surface area contributed by atoms with Gasteiger partial charge in [0.25, 0.3) is 0 Å². The van der Waals surface area contributed by atoms with Crippen molar-refractivity contribution in [3.05, 3.63) is 23.4 Å². The first kappa shape index (κ1) is 15.6. The highest BCUT2D eigenvalue weighted by atomic mass is 15.1. The van der Waals surface area contributed by atoms with Crippen LogP contribution in [0.15, 0.2) is 23.4 Å². The van der Waals surface area contributed by atoms with Gasteiger partial charge in [0.1, 0.15) is 0 Å². The highest BCUT2D eigenvalue weighted by molar-refractivity contribution is 5.10. The van der Waals surface area contributed by atoms with E-state index in [1.165, 1.54) is 76.8 Å². The lowest BCUT2D eigenvalue weighted by Gasteiger charge is -2.27. The third kappa shape index (κ3) is 5.70. The van der Waals surface area contributed by atoms with E-state index in [1.54, 1.807) is 5.57 Å². The molecule has 2 aliphatic rings. The maximum absolute atomic E-state index is 2.61. The van der Waals surface area contributed by atoms with Gasteiger partial charge in [0.15, 0.2) is 0 Å². The average Bonchev–Trinajstić information content (AvgIpc) is 2.47. The van der Waals surface area contributed by atoms with E-state index < -0.39 is 0 Å². The van der Waals surface area contributed by atoms with Crippen molar-refractivity contribution in [2.24, 2.45) is 0 Å². The standard InChI is InChI=1S/C18H32N2/c1-17(15-19-11-5-3-6-12-19)9-10-18(2)16-20-13-7-4-8-14-20/h9,16H,3-8,10-15H2,1-2H3/b17-9+,18-16+. The molecule has 0 aliphatic carbocycles. The number of likely N-dealkylation sites (tertiary alicyclic amines) is 2. The number of allylic oxidation sites excluding steroid dienone is 2. The first-order chi connectivity index (χ1) is 9.74. The third-order valence-corrected chi connectivity index (χ3v) is 4.49. The van der Waals surface area contributed by atoms with Gasteiger partial charge in [-0.3, -0.25) is 4.90 Å². The molecule has 0 unspecified atom stereocenters. The Morgan fingerprint density at radius 1 is 0.800 bits per heavy atom. The fourth-order valence-electron chi connectivity index (χ4n) is 3.28. The molecular formula is C18H32N2. The average molecular weight is 276 g/mol. The minimum Gasteiger partial charge on any atom is -0.377 e. The van der Waals surface area contributed by atoms with E-state index in [2.05, 4.69) is 35.9 Å². The minimum absolute atomic E-state index is 1.12. The fourth-order valence-corrected chi connectivity index (χ4v) is 3.28. The first-order valence-electron chi connectivity index (χ1n) is 8.53. The Morgan fingerprint density at radius 2 is 1.40 bits per heavy atom. The Hall–Kier alpha value is -0.760. The summed E-state index contributed by atoms with van der Waals surface area (Å²) < 4.78 is 0. The maximum atomic E-state index is 2.61. The highest BCUT2D eigenvalue weighted by Gasteiger charge is 2.10. The van der Waals surface area contributed by atoms with E-state index in [0.717, 1.165) is 6.42 Å². The van der Waals surface area contributed by atoms with Crippen LogP contribution in [0, 0.1) is 0 Å². The Morgan fingerprint density at radius 3 is 2.05 bits per heavy atom. The van der Waals surface area contributed by atoms with Gasteiger partial charge < -0.3 is 4.90 Å². The molecular weight excluding hydrogens is 244 g/mol. The van der Waals surface area contributed by atoms with Crippen LogP contribution < -0.4 is 0 Å². The number of hydrogen-bond donors (Lipinski definition) is 0. The van der Waals surface area contributed by atoms with Crippen molar-refractivity contribution in [2.75, 3.05) is 32.7 Å². The van der Waals surface area contributed by atoms with Gasteiger partial charge in [0.05, 0.1) is 0 Å². The predicted molar refractivity (Wildman–Crippen MR) is 87.8 cm³/mol. The van der Waals surface area contributed by atoms with Crippen molar-refractivity contribution >= 4 is 0 Å². The van der Waals surface area contributed by atoms with Crippen LogP contribution in [0.4, 0.5) is 0 Å². The molecule has 0 aromatic heterocycles. The predicted octanol–water partition coefficient (Wildman–Crippen LogP) is 4.20. The minimum atomic E-state index is 1.12. The van der Waals surface area contributed by atoms with Crippen molar-refractivity contribution in [1.82, 2.24) is 9.80 Å². The van der Waals surface area contributed by atoms with Crippen molar-refractivity contribution in [1.29, 1.82) is 0 Å². The second kappa shape index (κ2) is 8.51. The molecule has 2 saturated heterocycles. The third-order valence-electron chi connectivity index (χ3n) is 4.49. The summed E-state index contributed by atoms with van der Waals surface area (Å²) in [5, 5.41) is 0. The number of piperidine rings is 2. The molecule has 0 N–H and O–H groups in total. The molecule has 0 amide bonds. The Kier molecular flexibility index (Phi) is 6.65. The van der Waals surface area contributed by atoms with Crippen LogP contribution in [0.3, 0.4) is 0 Å². The lowest BCUT2D eigenvalue weighted by Crippen LogP contribution is -2.31. The molecule has 0 aromatic rings. The molecule has 0 radical (unpaired) electrons. The van der Waals surface area contributed by atoms with Crippen LogP contribution in [0.25, 0.3) is 0 Å². The monoisotopic (exact) mass is 276 g/mol. The van der Waals surface area contributed by atoms with Crippen LogP contribution in [-0.2, 0) is 0 Å². The van der Waals surface area contributed by atoms with E-state index in [-0.39, 0.29) is 0 Å². The molecule has 2 heterocycles. The number of rotatable bonds is 5. The lowest BCUT2D eigenvalue weighted by molar-refractivity contribution is 0.246. The fraction of sp³-hybridized carbons (Fsp3) is 0.778. The molecule has 2 rings (SSSR count). The van der Waals surface area contributed by atoms with Crippen molar-refractivity contribution in [3.8, 4) is 0 Å². The summed E-state index contributed by atoms with van der Waals surface area (Å²) in [5.74, 6) is 0. The molecule has 0 saturated carbocycles. The zero-order valence-corrected chi connectivity index (χ0v) is 13.5. The quantitative estimate of drug-likeness (QED) is 0.694. The summed E-state index contributed by atoms with van der Waals surface area (Å²) in [4.78, 5) is 5.12. The Balaban J connectivity index is 1.73. The van der Waals surface area contributed by atoms with Crippen LogP contribution >= 0.6 is 0 Å². The van der Waals surface area contributed by atoms with Gasteiger partial charge in [-0.05, 0) is 71.7 Å². The molecule has 20 heavy (non-hydrogen) atoms. The summed E-state index contributed by atoms with van der Waals surface area (Å²) in [5.41, 5.74) is 3.04. The van der Waals surface area contributed by atoms with E-state index >= 15 is 0 Å². The van der Waals surface area contributed by atoms with Gasteiger partial charge in [0.2, 0.25) is 0 Å². The smallest absolute Gasteiger partial charge is 0.0190 e. The number of nitrogens with zero attached hydrogens (tertiary/aromatic N) is 2. The van der Waals surface area contributed by atoms with E-state index in [1.807, 2.05) is 0 Å². The van der Waals surface area contributed by atoms with Gasteiger partial charge in [-0.2, -0.15) is 0 Å². The van der Waals surface area contributed by atoms with Gasteiger partial charge in [0, 0.05) is 19.6 Å². The summed E-state index contributed by atoms with van der Waals surface area (Å²) >= 11 is 0. The van der Waals surface area contributed by atoms with Crippen molar-refractivity contribution in [2.45, 2.75) is 58.8 Å². The SMILES string of the molecule is C/C(=C\N1CCCCC1)C/C=C(\C)CN1CCCCC1. The molecule has 2 aliphatic heterocycles. The number of hydrogen-bond acceptors (Lipinski definition) is 2. The second-order valence-electron chi connectivity index (χ2n) is 6.66. The van der Waals surface area contributed by atoms with E-state index in [0.29, 0.717) is 0 Å². The summed E-state index contributed by atoms with van der Waals surface area (Å²) in [6, 6.07) is 0. The van der Waals surface area contributed by atoms with Crippen molar-refractivity contribution in [3.63, 3.8) is 0 Å².